The first-order valence-corrected chi connectivity index (χ1v) is 7.67. The first-order chi connectivity index (χ1) is 8.47. The molecule has 0 unspecified atom stereocenters. The topological polar surface area (TPSA) is 85.1 Å². The number of hydrogen-bond acceptors (Lipinski definition) is 4. The minimum Gasteiger partial charge on any atom is -0.384 e. The van der Waals surface area contributed by atoms with Gasteiger partial charge in [-0.1, -0.05) is 13.3 Å². The van der Waals surface area contributed by atoms with Crippen LogP contribution >= 0.6 is 0 Å². The number of hydrogen-bond donors (Lipinski definition) is 2. The SMILES string of the molecule is CCC1(CNS(=O)(=O)c2ccnc(N)c2)CCC1. The molecule has 1 aliphatic rings. The third-order valence-electron chi connectivity index (χ3n) is 3.86. The van der Waals surface area contributed by atoms with Gasteiger partial charge in [0.25, 0.3) is 0 Å². The maximum Gasteiger partial charge on any atom is 0.240 e. The molecule has 0 atom stereocenters. The van der Waals surface area contributed by atoms with Gasteiger partial charge < -0.3 is 5.73 Å². The largest absolute Gasteiger partial charge is 0.384 e. The summed E-state index contributed by atoms with van der Waals surface area (Å²) in [6.45, 7) is 2.62. The van der Waals surface area contributed by atoms with Gasteiger partial charge in [-0.25, -0.2) is 18.1 Å². The maximum absolute atomic E-state index is 12.1. The van der Waals surface area contributed by atoms with E-state index in [1.165, 1.54) is 24.8 Å². The van der Waals surface area contributed by atoms with Crippen LogP contribution in [0, 0.1) is 5.41 Å². The molecule has 0 spiro atoms. The predicted molar refractivity (Wildman–Crippen MR) is 70.4 cm³/mol. The van der Waals surface area contributed by atoms with Crippen molar-refractivity contribution >= 4 is 15.8 Å². The fourth-order valence-electron chi connectivity index (χ4n) is 2.26. The first-order valence-electron chi connectivity index (χ1n) is 6.19. The van der Waals surface area contributed by atoms with Gasteiger partial charge in [0, 0.05) is 18.8 Å². The number of sulfonamides is 1. The molecule has 1 saturated carbocycles. The van der Waals surface area contributed by atoms with E-state index in [4.69, 9.17) is 5.73 Å². The van der Waals surface area contributed by atoms with Crippen LogP contribution in [0.25, 0.3) is 0 Å². The number of rotatable bonds is 5. The zero-order chi connectivity index (χ0) is 13.2. The first kappa shape index (κ1) is 13.3. The highest BCUT2D eigenvalue weighted by atomic mass is 32.2. The fraction of sp³-hybridized carbons (Fsp3) is 0.583. The summed E-state index contributed by atoms with van der Waals surface area (Å²) in [7, 11) is -3.47. The summed E-state index contributed by atoms with van der Waals surface area (Å²) in [6, 6.07) is 2.83. The number of nitrogens with zero attached hydrogens (tertiary/aromatic N) is 1. The summed E-state index contributed by atoms with van der Waals surface area (Å²) in [5.41, 5.74) is 5.66. The lowest BCUT2D eigenvalue weighted by Crippen LogP contribution is -2.41. The predicted octanol–water partition coefficient (Wildman–Crippen LogP) is 1.52. The third kappa shape index (κ3) is 2.64. The standard InChI is InChI=1S/C12H19N3O2S/c1-2-12(5-3-6-12)9-15-18(16,17)10-4-7-14-11(13)8-10/h4,7-8,15H,2-3,5-6,9H2,1H3,(H2,13,14). The smallest absolute Gasteiger partial charge is 0.240 e. The van der Waals surface area contributed by atoms with E-state index in [0.717, 1.165) is 19.3 Å². The average molecular weight is 269 g/mol. The molecule has 6 heteroatoms. The van der Waals surface area contributed by atoms with Crippen LogP contribution in [0.1, 0.15) is 32.6 Å². The monoisotopic (exact) mass is 269 g/mol. The molecule has 100 valence electrons. The summed E-state index contributed by atoms with van der Waals surface area (Å²) in [5, 5.41) is 0. The van der Waals surface area contributed by atoms with Crippen LogP contribution in [0.4, 0.5) is 5.82 Å². The van der Waals surface area contributed by atoms with Gasteiger partial charge >= 0.3 is 0 Å². The minimum absolute atomic E-state index is 0.158. The highest BCUT2D eigenvalue weighted by Gasteiger charge is 2.36. The van der Waals surface area contributed by atoms with Crippen LogP contribution in [-0.4, -0.2) is 19.9 Å². The molecule has 1 aliphatic carbocycles. The Morgan fingerprint density at radius 3 is 2.72 bits per heavy atom. The summed E-state index contributed by atoms with van der Waals surface area (Å²) in [4.78, 5) is 3.97. The molecule has 1 aromatic rings. The van der Waals surface area contributed by atoms with Crippen molar-refractivity contribution in [1.29, 1.82) is 0 Å². The lowest BCUT2D eigenvalue weighted by Gasteiger charge is -2.41. The summed E-state index contributed by atoms with van der Waals surface area (Å²) < 4.78 is 26.9. The van der Waals surface area contributed by atoms with Crippen LogP contribution < -0.4 is 10.5 Å². The van der Waals surface area contributed by atoms with E-state index in [0.29, 0.717) is 6.54 Å². The molecular formula is C12H19N3O2S. The Hall–Kier alpha value is -1.14. The van der Waals surface area contributed by atoms with Crippen LogP contribution in [0.2, 0.25) is 0 Å². The second-order valence-electron chi connectivity index (χ2n) is 4.95. The fourth-order valence-corrected chi connectivity index (χ4v) is 3.44. The zero-order valence-electron chi connectivity index (χ0n) is 10.5. The highest BCUT2D eigenvalue weighted by molar-refractivity contribution is 7.89. The lowest BCUT2D eigenvalue weighted by molar-refractivity contribution is 0.133. The summed E-state index contributed by atoms with van der Waals surface area (Å²) in [6.07, 6.45) is 5.81. The van der Waals surface area contributed by atoms with E-state index in [1.807, 2.05) is 0 Å². The summed E-state index contributed by atoms with van der Waals surface area (Å²) >= 11 is 0. The van der Waals surface area contributed by atoms with Crippen molar-refractivity contribution in [3.8, 4) is 0 Å². The maximum atomic E-state index is 12.1. The molecular weight excluding hydrogens is 250 g/mol. The Kier molecular flexibility index (Phi) is 3.59. The molecule has 0 radical (unpaired) electrons. The molecule has 3 N–H and O–H groups in total. The molecule has 0 aromatic carbocycles. The van der Waals surface area contributed by atoms with Gasteiger partial charge in [-0.2, -0.15) is 0 Å². The van der Waals surface area contributed by atoms with Gasteiger partial charge in [0.15, 0.2) is 0 Å². The number of aromatic nitrogens is 1. The van der Waals surface area contributed by atoms with Crippen molar-refractivity contribution in [2.75, 3.05) is 12.3 Å². The zero-order valence-corrected chi connectivity index (χ0v) is 11.3. The van der Waals surface area contributed by atoms with Crippen LogP contribution in [-0.2, 0) is 10.0 Å². The minimum atomic E-state index is -3.47. The molecule has 0 bridgehead atoms. The quantitative estimate of drug-likeness (QED) is 0.848. The van der Waals surface area contributed by atoms with Gasteiger partial charge in [-0.3, -0.25) is 0 Å². The van der Waals surface area contributed by atoms with E-state index in [-0.39, 0.29) is 16.1 Å². The van der Waals surface area contributed by atoms with E-state index in [2.05, 4.69) is 16.6 Å². The lowest BCUT2D eigenvalue weighted by atomic mass is 9.67. The molecule has 0 saturated heterocycles. The Morgan fingerprint density at radius 1 is 1.50 bits per heavy atom. The van der Waals surface area contributed by atoms with E-state index < -0.39 is 10.0 Å². The van der Waals surface area contributed by atoms with E-state index in [1.54, 1.807) is 0 Å². The van der Waals surface area contributed by atoms with E-state index >= 15 is 0 Å². The van der Waals surface area contributed by atoms with E-state index in [9.17, 15) is 8.42 Å². The van der Waals surface area contributed by atoms with Gasteiger partial charge in [0.05, 0.1) is 4.90 Å². The van der Waals surface area contributed by atoms with Crippen molar-refractivity contribution in [2.24, 2.45) is 5.41 Å². The van der Waals surface area contributed by atoms with Crippen LogP contribution in [0.3, 0.4) is 0 Å². The Morgan fingerprint density at radius 2 is 2.22 bits per heavy atom. The van der Waals surface area contributed by atoms with Crippen LogP contribution in [0.5, 0.6) is 0 Å². The van der Waals surface area contributed by atoms with Crippen molar-refractivity contribution in [3.63, 3.8) is 0 Å². The molecule has 2 rings (SSSR count). The number of nitrogens with one attached hydrogen (secondary N) is 1. The van der Waals surface area contributed by atoms with Crippen molar-refractivity contribution in [3.05, 3.63) is 18.3 Å². The van der Waals surface area contributed by atoms with Gasteiger partial charge in [-0.15, -0.1) is 0 Å². The van der Waals surface area contributed by atoms with Crippen LogP contribution in [0.15, 0.2) is 23.2 Å². The molecule has 18 heavy (non-hydrogen) atoms. The van der Waals surface area contributed by atoms with Crippen molar-refractivity contribution < 1.29 is 8.42 Å². The number of anilines is 1. The molecule has 1 fully saturated rings. The Labute approximate surface area is 108 Å². The van der Waals surface area contributed by atoms with Gasteiger partial charge in [0.1, 0.15) is 5.82 Å². The number of nitrogens with two attached hydrogens (primary N) is 1. The molecule has 0 amide bonds. The second kappa shape index (κ2) is 4.85. The highest BCUT2D eigenvalue weighted by Crippen LogP contribution is 2.43. The second-order valence-corrected chi connectivity index (χ2v) is 6.72. The van der Waals surface area contributed by atoms with Crippen molar-refractivity contribution in [2.45, 2.75) is 37.5 Å². The molecule has 1 aromatic heterocycles. The summed E-state index contributed by atoms with van der Waals surface area (Å²) in [5.74, 6) is 0.215. The van der Waals surface area contributed by atoms with Gasteiger partial charge in [-0.05, 0) is 30.7 Å². The number of nitrogen functional groups attached to an aromatic ring is 1. The Balaban J connectivity index is 2.08. The molecule has 5 nitrogen and oxygen atoms in total. The molecule has 0 aliphatic heterocycles. The number of pyridine rings is 1. The average Bonchev–Trinajstić information content (AvgIpc) is 2.28. The molecule has 1 heterocycles. The van der Waals surface area contributed by atoms with Crippen molar-refractivity contribution in [1.82, 2.24) is 9.71 Å². The Bertz CT molecular complexity index is 518. The van der Waals surface area contributed by atoms with Gasteiger partial charge in [0.2, 0.25) is 10.0 Å². The third-order valence-corrected chi connectivity index (χ3v) is 5.26. The normalized spacial score (nSPS) is 18.3.